The van der Waals surface area contributed by atoms with Gasteiger partial charge in [0.05, 0.1) is 0 Å². The molecule has 6 heavy (non-hydrogen) atoms. The fourth-order valence-corrected chi connectivity index (χ4v) is 0.368. The first-order valence-electron chi connectivity index (χ1n) is 1.85. The Labute approximate surface area is 37.0 Å². The van der Waals surface area contributed by atoms with Crippen LogP contribution in [0.15, 0.2) is 18.3 Å². The van der Waals surface area contributed by atoms with Gasteiger partial charge in [-0.3, -0.25) is 0 Å². The maximum absolute atomic E-state index is 3.62. The normalized spacial score (nSPS) is 8.83. The molecule has 0 saturated heterocycles. The molecule has 0 fully saturated rings. The minimum absolute atomic E-state index is 0.968. The van der Waals surface area contributed by atoms with Gasteiger partial charge < -0.3 is 4.98 Å². The Morgan fingerprint density at radius 2 is 2.50 bits per heavy atom. The van der Waals surface area contributed by atoms with Crippen LogP contribution in [0.5, 0.6) is 0 Å². The molecule has 0 aliphatic heterocycles. The third-order valence-corrected chi connectivity index (χ3v) is 0.662. The van der Waals surface area contributed by atoms with Gasteiger partial charge in [-0.25, -0.2) is 0 Å². The van der Waals surface area contributed by atoms with E-state index in [-0.39, 0.29) is 0 Å². The molecular formula is C5H6N. The molecule has 1 rings (SSSR count). The van der Waals surface area contributed by atoms with Gasteiger partial charge in [0.25, 0.3) is 0 Å². The highest BCUT2D eigenvalue weighted by atomic mass is 14.7. The Balaban J connectivity index is 3.05. The van der Waals surface area contributed by atoms with Gasteiger partial charge in [-0.1, -0.05) is 0 Å². The first kappa shape index (κ1) is 3.47. The lowest BCUT2D eigenvalue weighted by molar-refractivity contribution is 1.35. The summed E-state index contributed by atoms with van der Waals surface area (Å²) >= 11 is 0. The van der Waals surface area contributed by atoms with Crippen LogP contribution >= 0.6 is 0 Å². The summed E-state index contributed by atoms with van der Waals surface area (Å²) < 4.78 is 0. The Kier molecular flexibility index (Phi) is 0.675. The van der Waals surface area contributed by atoms with E-state index >= 15 is 0 Å². The van der Waals surface area contributed by atoms with Gasteiger partial charge in [-0.05, 0) is 19.1 Å². The van der Waals surface area contributed by atoms with Gasteiger partial charge >= 0.3 is 0 Å². The second-order valence-corrected chi connectivity index (χ2v) is 1.20. The van der Waals surface area contributed by atoms with Crippen LogP contribution in [0.1, 0.15) is 5.69 Å². The molecule has 1 heterocycles. The van der Waals surface area contributed by atoms with E-state index in [0.29, 0.717) is 0 Å². The molecule has 0 bridgehead atoms. The number of nitrogens with one attached hydrogen (secondary N) is 1. The standard InChI is InChI=1S/C5H6N/c1-5-3-2-4-6-5/h2-4,6H,1H2. The Morgan fingerprint density at radius 3 is 2.67 bits per heavy atom. The van der Waals surface area contributed by atoms with E-state index < -0.39 is 0 Å². The van der Waals surface area contributed by atoms with Gasteiger partial charge in [0.1, 0.15) is 0 Å². The van der Waals surface area contributed by atoms with E-state index in [1.54, 1.807) is 0 Å². The van der Waals surface area contributed by atoms with Crippen molar-refractivity contribution in [3.63, 3.8) is 0 Å². The Bertz CT molecular complexity index is 107. The third-order valence-electron chi connectivity index (χ3n) is 0.662. The Morgan fingerprint density at radius 1 is 1.67 bits per heavy atom. The molecule has 0 spiro atoms. The van der Waals surface area contributed by atoms with Gasteiger partial charge in [-0.2, -0.15) is 0 Å². The van der Waals surface area contributed by atoms with Crippen molar-refractivity contribution in [3.05, 3.63) is 30.9 Å². The van der Waals surface area contributed by atoms with Crippen LogP contribution in [0.2, 0.25) is 0 Å². The molecule has 1 heteroatoms. The first-order valence-corrected chi connectivity index (χ1v) is 1.85. The number of hydrogen-bond donors (Lipinski definition) is 1. The van der Waals surface area contributed by atoms with Crippen molar-refractivity contribution in [1.82, 2.24) is 4.98 Å². The molecule has 0 aromatic carbocycles. The fraction of sp³-hybridized carbons (Fsp3) is 0. The van der Waals surface area contributed by atoms with Crippen LogP contribution < -0.4 is 0 Å². The van der Waals surface area contributed by atoms with Crippen molar-refractivity contribution in [1.29, 1.82) is 0 Å². The fourth-order valence-electron chi connectivity index (χ4n) is 0.368. The summed E-state index contributed by atoms with van der Waals surface area (Å²) in [5.74, 6) is 0. The summed E-state index contributed by atoms with van der Waals surface area (Å²) in [5.41, 5.74) is 0.968. The van der Waals surface area contributed by atoms with Crippen molar-refractivity contribution in [2.45, 2.75) is 0 Å². The molecule has 1 nitrogen and oxygen atoms in total. The molecule has 1 N–H and O–H groups in total. The molecular weight excluding hydrogens is 74.1 g/mol. The molecule has 1 radical (unpaired) electrons. The van der Waals surface area contributed by atoms with E-state index in [4.69, 9.17) is 0 Å². The second kappa shape index (κ2) is 1.17. The number of aromatic nitrogens is 1. The number of rotatable bonds is 0. The zero-order valence-electron chi connectivity index (χ0n) is 3.44. The van der Waals surface area contributed by atoms with Gasteiger partial charge in [0.2, 0.25) is 0 Å². The lowest BCUT2D eigenvalue weighted by Crippen LogP contribution is -1.59. The van der Waals surface area contributed by atoms with Crippen LogP contribution in [0.3, 0.4) is 0 Å². The molecule has 1 aromatic rings. The topological polar surface area (TPSA) is 15.8 Å². The van der Waals surface area contributed by atoms with Crippen molar-refractivity contribution in [3.8, 4) is 0 Å². The SMILES string of the molecule is [CH2]c1ccc[nH]1. The molecule has 0 atom stereocenters. The van der Waals surface area contributed by atoms with Gasteiger partial charge in [0, 0.05) is 11.9 Å². The van der Waals surface area contributed by atoms with Gasteiger partial charge in [-0.15, -0.1) is 0 Å². The highest BCUT2D eigenvalue weighted by Gasteiger charge is 1.72. The Hall–Kier alpha value is -0.720. The summed E-state index contributed by atoms with van der Waals surface area (Å²) in [7, 11) is 0. The van der Waals surface area contributed by atoms with Gasteiger partial charge in [0.15, 0.2) is 0 Å². The second-order valence-electron chi connectivity index (χ2n) is 1.20. The predicted octanol–water partition coefficient (Wildman–Crippen LogP) is 1.20. The smallest absolute Gasteiger partial charge is 0.0151 e. The minimum Gasteiger partial charge on any atom is -0.365 e. The maximum Gasteiger partial charge on any atom is 0.0151 e. The van der Waals surface area contributed by atoms with Crippen molar-refractivity contribution in [2.75, 3.05) is 0 Å². The number of H-pyrrole nitrogens is 1. The summed E-state index contributed by atoms with van der Waals surface area (Å²) in [6.45, 7) is 3.62. The van der Waals surface area contributed by atoms with Crippen LogP contribution in [0.4, 0.5) is 0 Å². The zero-order chi connectivity index (χ0) is 4.41. The molecule has 0 unspecified atom stereocenters. The molecule has 0 aliphatic rings. The average molecular weight is 80.1 g/mol. The quantitative estimate of drug-likeness (QED) is 0.482. The van der Waals surface area contributed by atoms with E-state index in [0.717, 1.165) is 5.69 Å². The molecule has 0 amide bonds. The van der Waals surface area contributed by atoms with Crippen LogP contribution in [-0.4, -0.2) is 4.98 Å². The van der Waals surface area contributed by atoms with Crippen LogP contribution in [-0.2, 0) is 0 Å². The molecule has 0 saturated carbocycles. The van der Waals surface area contributed by atoms with Crippen LogP contribution in [0.25, 0.3) is 0 Å². The monoisotopic (exact) mass is 80.1 g/mol. The molecule has 31 valence electrons. The average Bonchev–Trinajstić information content (AvgIpc) is 1.86. The summed E-state index contributed by atoms with van der Waals surface area (Å²) in [5, 5.41) is 0. The molecule has 0 aliphatic carbocycles. The van der Waals surface area contributed by atoms with Crippen molar-refractivity contribution >= 4 is 0 Å². The van der Waals surface area contributed by atoms with Crippen molar-refractivity contribution < 1.29 is 0 Å². The lowest BCUT2D eigenvalue weighted by Gasteiger charge is -1.70. The minimum atomic E-state index is 0.968. The van der Waals surface area contributed by atoms with Crippen molar-refractivity contribution in [2.24, 2.45) is 0 Å². The summed E-state index contributed by atoms with van der Waals surface area (Å²) in [6, 6.07) is 3.84. The first-order chi connectivity index (χ1) is 2.89. The lowest BCUT2D eigenvalue weighted by atomic mass is 10.5. The predicted molar refractivity (Wildman–Crippen MR) is 25.3 cm³/mol. The largest absolute Gasteiger partial charge is 0.365 e. The number of hydrogen-bond acceptors (Lipinski definition) is 0. The van der Waals surface area contributed by atoms with E-state index in [2.05, 4.69) is 11.9 Å². The van der Waals surface area contributed by atoms with Crippen LogP contribution in [0, 0.1) is 6.92 Å². The summed E-state index contributed by atoms with van der Waals surface area (Å²) in [4.78, 5) is 2.89. The highest BCUT2D eigenvalue weighted by molar-refractivity contribution is 5.05. The third kappa shape index (κ3) is 0.432. The van der Waals surface area contributed by atoms with E-state index in [9.17, 15) is 0 Å². The van der Waals surface area contributed by atoms with E-state index in [1.807, 2.05) is 18.3 Å². The van der Waals surface area contributed by atoms with E-state index in [1.165, 1.54) is 0 Å². The number of aromatic amines is 1. The summed E-state index contributed by atoms with van der Waals surface area (Å²) in [6.07, 6.45) is 1.85. The zero-order valence-corrected chi connectivity index (χ0v) is 3.44. The highest BCUT2D eigenvalue weighted by Crippen LogP contribution is 1.86. The molecule has 1 aromatic heterocycles. The maximum atomic E-state index is 3.62.